The van der Waals surface area contributed by atoms with Crippen molar-refractivity contribution in [2.24, 2.45) is 0 Å². The molecular weight excluding hydrogens is 162 g/mol. The van der Waals surface area contributed by atoms with Crippen molar-refractivity contribution in [3.05, 3.63) is 41.6 Å². The van der Waals surface area contributed by atoms with Crippen molar-refractivity contribution in [2.75, 3.05) is 0 Å². The summed E-state index contributed by atoms with van der Waals surface area (Å²) in [6.45, 7) is 2.08. The number of fused-ring (bicyclic) bond motifs is 1. The summed E-state index contributed by atoms with van der Waals surface area (Å²) in [7, 11) is 0. The van der Waals surface area contributed by atoms with Crippen molar-refractivity contribution >= 4 is 10.9 Å². The number of hydrogen-bond donors (Lipinski definition) is 1. The summed E-state index contributed by atoms with van der Waals surface area (Å²) in [5, 5.41) is 10.2. The van der Waals surface area contributed by atoms with Gasteiger partial charge in [-0.15, -0.1) is 0 Å². The fourth-order valence-electron chi connectivity index (χ4n) is 1.45. The molecule has 1 aromatic carbocycles. The van der Waals surface area contributed by atoms with Gasteiger partial charge in [0, 0.05) is 11.6 Å². The first-order valence-corrected chi connectivity index (χ1v) is 4.26. The third-order valence-corrected chi connectivity index (χ3v) is 2.23. The number of nitrogens with zero attached hydrogens (tertiary/aromatic N) is 1. The molecule has 13 heavy (non-hydrogen) atoms. The van der Waals surface area contributed by atoms with Gasteiger partial charge >= 0.3 is 0 Å². The van der Waals surface area contributed by atoms with E-state index in [1.807, 2.05) is 31.2 Å². The Kier molecular flexibility index (Phi) is 1.99. The minimum Gasteiger partial charge on any atom is -0.392 e. The van der Waals surface area contributed by atoms with Crippen LogP contribution < -0.4 is 0 Å². The third kappa shape index (κ3) is 1.40. The second-order valence-corrected chi connectivity index (χ2v) is 3.13. The maximum Gasteiger partial charge on any atom is 0.0705 e. The van der Waals surface area contributed by atoms with Crippen LogP contribution in [-0.4, -0.2) is 10.1 Å². The van der Waals surface area contributed by atoms with Crippen LogP contribution in [0.15, 0.2) is 30.5 Å². The van der Waals surface area contributed by atoms with E-state index < -0.39 is 0 Å². The number of benzene rings is 1. The van der Waals surface area contributed by atoms with E-state index in [0.717, 1.165) is 22.0 Å². The lowest BCUT2D eigenvalue weighted by atomic mass is 10.1. The molecule has 0 atom stereocenters. The number of pyridine rings is 1. The van der Waals surface area contributed by atoms with Crippen LogP contribution >= 0.6 is 0 Å². The summed E-state index contributed by atoms with van der Waals surface area (Å²) in [5.74, 6) is 0. The molecule has 0 aliphatic heterocycles. The van der Waals surface area contributed by atoms with Gasteiger partial charge in [0.2, 0.25) is 0 Å². The second kappa shape index (κ2) is 3.15. The molecule has 0 saturated heterocycles. The number of aliphatic hydroxyl groups excluding tert-OH is 1. The largest absolute Gasteiger partial charge is 0.392 e. The fourth-order valence-corrected chi connectivity index (χ4v) is 1.45. The first kappa shape index (κ1) is 8.20. The maximum absolute atomic E-state index is 9.05. The minimum atomic E-state index is 0.0817. The van der Waals surface area contributed by atoms with Gasteiger partial charge in [0.25, 0.3) is 0 Å². The molecule has 1 heterocycles. The van der Waals surface area contributed by atoms with Crippen molar-refractivity contribution in [1.82, 2.24) is 4.98 Å². The van der Waals surface area contributed by atoms with Crippen molar-refractivity contribution in [2.45, 2.75) is 13.5 Å². The molecule has 0 fully saturated rings. The van der Waals surface area contributed by atoms with Crippen molar-refractivity contribution in [1.29, 1.82) is 0 Å². The third-order valence-electron chi connectivity index (χ3n) is 2.23. The highest BCUT2D eigenvalue weighted by molar-refractivity contribution is 5.79. The predicted molar refractivity (Wildman–Crippen MR) is 52.4 cm³/mol. The summed E-state index contributed by atoms with van der Waals surface area (Å²) < 4.78 is 0. The lowest BCUT2D eigenvalue weighted by Gasteiger charge is -2.03. The SMILES string of the molecule is Cc1cc2cccnc2cc1CO. The molecule has 0 aliphatic carbocycles. The maximum atomic E-state index is 9.05. The zero-order valence-electron chi connectivity index (χ0n) is 7.49. The molecule has 0 unspecified atom stereocenters. The van der Waals surface area contributed by atoms with E-state index in [4.69, 9.17) is 5.11 Å². The minimum absolute atomic E-state index is 0.0817. The summed E-state index contributed by atoms with van der Waals surface area (Å²) >= 11 is 0. The Morgan fingerprint density at radius 1 is 1.38 bits per heavy atom. The molecule has 0 amide bonds. The van der Waals surface area contributed by atoms with E-state index in [1.165, 1.54) is 0 Å². The molecule has 1 N–H and O–H groups in total. The molecule has 0 spiro atoms. The summed E-state index contributed by atoms with van der Waals surface area (Å²) in [6.07, 6.45) is 1.76. The van der Waals surface area contributed by atoms with Crippen molar-refractivity contribution in [3.63, 3.8) is 0 Å². The van der Waals surface area contributed by atoms with Crippen LogP contribution in [0.5, 0.6) is 0 Å². The number of aliphatic hydroxyl groups is 1. The number of aromatic nitrogens is 1. The van der Waals surface area contributed by atoms with Gasteiger partial charge < -0.3 is 5.11 Å². The summed E-state index contributed by atoms with van der Waals surface area (Å²) in [4.78, 5) is 4.22. The molecular formula is C11H11NO. The number of rotatable bonds is 1. The Morgan fingerprint density at radius 2 is 2.23 bits per heavy atom. The molecule has 2 rings (SSSR count). The van der Waals surface area contributed by atoms with Gasteiger partial charge in [-0.1, -0.05) is 6.07 Å². The fraction of sp³-hybridized carbons (Fsp3) is 0.182. The molecule has 0 aliphatic rings. The standard InChI is InChI=1S/C11H11NO/c1-8-5-9-3-2-4-12-11(9)6-10(8)7-13/h2-6,13H,7H2,1H3. The molecule has 0 radical (unpaired) electrons. The Balaban J connectivity index is 2.74. The molecule has 2 heteroatoms. The number of aryl methyl sites for hydroxylation is 1. The van der Waals surface area contributed by atoms with Gasteiger partial charge in [-0.2, -0.15) is 0 Å². The Bertz CT molecular complexity index is 437. The highest BCUT2D eigenvalue weighted by Gasteiger charge is 1.99. The van der Waals surface area contributed by atoms with E-state index in [1.54, 1.807) is 6.20 Å². The van der Waals surface area contributed by atoms with Gasteiger partial charge in [0.1, 0.15) is 0 Å². The zero-order chi connectivity index (χ0) is 9.26. The van der Waals surface area contributed by atoms with E-state index in [-0.39, 0.29) is 6.61 Å². The van der Waals surface area contributed by atoms with Crippen molar-refractivity contribution < 1.29 is 5.11 Å². The average Bonchev–Trinajstić information content (AvgIpc) is 2.17. The normalized spacial score (nSPS) is 10.6. The van der Waals surface area contributed by atoms with Gasteiger partial charge in [-0.25, -0.2) is 0 Å². The van der Waals surface area contributed by atoms with Crippen LogP contribution in [0.3, 0.4) is 0 Å². The topological polar surface area (TPSA) is 33.1 Å². The zero-order valence-corrected chi connectivity index (χ0v) is 7.49. The Labute approximate surface area is 76.9 Å². The van der Waals surface area contributed by atoms with Gasteiger partial charge in [-0.3, -0.25) is 4.98 Å². The van der Waals surface area contributed by atoms with Crippen molar-refractivity contribution in [3.8, 4) is 0 Å². The van der Waals surface area contributed by atoms with Crippen LogP contribution in [-0.2, 0) is 6.61 Å². The number of hydrogen-bond acceptors (Lipinski definition) is 2. The van der Waals surface area contributed by atoms with Crippen LogP contribution in [0.1, 0.15) is 11.1 Å². The van der Waals surface area contributed by atoms with E-state index in [2.05, 4.69) is 4.98 Å². The molecule has 1 aromatic heterocycles. The Morgan fingerprint density at radius 3 is 3.00 bits per heavy atom. The molecule has 66 valence electrons. The van der Waals surface area contributed by atoms with Gasteiger partial charge in [-0.05, 0) is 36.2 Å². The first-order valence-electron chi connectivity index (χ1n) is 4.26. The van der Waals surface area contributed by atoms with E-state index >= 15 is 0 Å². The monoisotopic (exact) mass is 173 g/mol. The van der Waals surface area contributed by atoms with Crippen LogP contribution in [0.4, 0.5) is 0 Å². The molecule has 0 saturated carbocycles. The van der Waals surface area contributed by atoms with Crippen LogP contribution in [0, 0.1) is 6.92 Å². The molecule has 2 aromatic rings. The average molecular weight is 173 g/mol. The highest BCUT2D eigenvalue weighted by Crippen LogP contribution is 2.17. The molecule has 0 bridgehead atoms. The lowest BCUT2D eigenvalue weighted by molar-refractivity contribution is 0.281. The smallest absolute Gasteiger partial charge is 0.0705 e. The summed E-state index contributed by atoms with van der Waals surface area (Å²) in [5.41, 5.74) is 3.01. The van der Waals surface area contributed by atoms with Gasteiger partial charge in [0.05, 0.1) is 12.1 Å². The van der Waals surface area contributed by atoms with Gasteiger partial charge in [0.15, 0.2) is 0 Å². The second-order valence-electron chi connectivity index (χ2n) is 3.13. The summed E-state index contributed by atoms with van der Waals surface area (Å²) in [6, 6.07) is 7.93. The van der Waals surface area contributed by atoms with Crippen LogP contribution in [0.25, 0.3) is 10.9 Å². The lowest BCUT2D eigenvalue weighted by Crippen LogP contribution is -1.89. The highest BCUT2D eigenvalue weighted by atomic mass is 16.3. The van der Waals surface area contributed by atoms with E-state index in [0.29, 0.717) is 0 Å². The Hall–Kier alpha value is -1.41. The van der Waals surface area contributed by atoms with Crippen LogP contribution in [0.2, 0.25) is 0 Å². The van der Waals surface area contributed by atoms with E-state index in [9.17, 15) is 0 Å². The first-order chi connectivity index (χ1) is 6.31. The quantitative estimate of drug-likeness (QED) is 0.715. The predicted octanol–water partition coefficient (Wildman–Crippen LogP) is 2.04. The molecule has 2 nitrogen and oxygen atoms in total.